The van der Waals surface area contributed by atoms with E-state index in [1.807, 2.05) is 30.6 Å². The van der Waals surface area contributed by atoms with E-state index in [-0.39, 0.29) is 22.3 Å². The highest BCUT2D eigenvalue weighted by molar-refractivity contribution is 9.10. The van der Waals surface area contributed by atoms with E-state index in [0.717, 1.165) is 47.7 Å². The molecule has 196 valence electrons. The van der Waals surface area contributed by atoms with Crippen molar-refractivity contribution in [3.63, 3.8) is 0 Å². The second-order valence-electron chi connectivity index (χ2n) is 8.95. The van der Waals surface area contributed by atoms with Crippen LogP contribution in [0.3, 0.4) is 0 Å². The number of hydrogen-bond donors (Lipinski definition) is 2. The Labute approximate surface area is 236 Å². The number of rotatable bonds is 3. The molecule has 0 amide bonds. The van der Waals surface area contributed by atoms with Gasteiger partial charge in [0.1, 0.15) is 11.3 Å². The van der Waals surface area contributed by atoms with E-state index in [2.05, 4.69) is 77.5 Å². The fourth-order valence-electron chi connectivity index (χ4n) is 3.95. The van der Waals surface area contributed by atoms with Gasteiger partial charge in [-0.25, -0.2) is 9.97 Å². The molecule has 0 aliphatic rings. The SMILES string of the molecule is Brc1cnc2[nH]cc(-c3ccoc3)c2c1.C.C.C.C[Si](C)(C)c1[nH]c2ncc(Br)cc2c1-c1ccoc1. The zero-order valence-electron chi connectivity index (χ0n) is 18.8. The highest BCUT2D eigenvalue weighted by Crippen LogP contribution is 2.31. The highest BCUT2D eigenvalue weighted by atomic mass is 79.9. The molecule has 0 bridgehead atoms. The van der Waals surface area contributed by atoms with Crippen LogP contribution in [0.2, 0.25) is 19.6 Å². The van der Waals surface area contributed by atoms with Crippen LogP contribution in [0.1, 0.15) is 22.3 Å². The monoisotopic (exact) mass is 644 g/mol. The van der Waals surface area contributed by atoms with Gasteiger partial charge in [0.15, 0.2) is 0 Å². The van der Waals surface area contributed by atoms with Crippen LogP contribution in [0.5, 0.6) is 0 Å². The molecule has 0 saturated carbocycles. The topological polar surface area (TPSA) is 83.6 Å². The number of fused-ring (bicyclic) bond motifs is 2. The molecule has 6 nitrogen and oxygen atoms in total. The van der Waals surface area contributed by atoms with Crippen LogP contribution in [-0.4, -0.2) is 28.0 Å². The van der Waals surface area contributed by atoms with Crippen molar-refractivity contribution in [2.75, 3.05) is 0 Å². The van der Waals surface area contributed by atoms with E-state index < -0.39 is 8.07 Å². The summed E-state index contributed by atoms with van der Waals surface area (Å²) in [6, 6.07) is 8.10. The summed E-state index contributed by atoms with van der Waals surface area (Å²) in [5.74, 6) is 0. The molecular formula is C28H34Br2N4O2Si. The lowest BCUT2D eigenvalue weighted by Crippen LogP contribution is -2.39. The van der Waals surface area contributed by atoms with Gasteiger partial charge < -0.3 is 18.8 Å². The molecular weight excluding hydrogens is 612 g/mol. The van der Waals surface area contributed by atoms with Crippen molar-refractivity contribution in [3.8, 4) is 22.3 Å². The lowest BCUT2D eigenvalue weighted by Gasteiger charge is -2.16. The van der Waals surface area contributed by atoms with Crippen molar-refractivity contribution in [1.82, 2.24) is 19.9 Å². The lowest BCUT2D eigenvalue weighted by atomic mass is 10.1. The molecule has 6 aromatic rings. The van der Waals surface area contributed by atoms with Crippen LogP contribution in [0.25, 0.3) is 44.3 Å². The molecule has 9 heteroatoms. The zero-order chi connectivity index (χ0) is 23.9. The Balaban J connectivity index is 0.000000246. The molecule has 2 N–H and O–H groups in total. The number of furan rings is 2. The smallest absolute Gasteiger partial charge is 0.137 e. The Bertz CT molecular complexity index is 1560. The average molecular weight is 647 g/mol. The van der Waals surface area contributed by atoms with Gasteiger partial charge in [-0.2, -0.15) is 0 Å². The fraction of sp³-hybridized carbons (Fsp3) is 0.214. The number of hydrogen-bond acceptors (Lipinski definition) is 4. The molecule has 0 saturated heterocycles. The molecule has 6 heterocycles. The molecule has 0 radical (unpaired) electrons. The number of aromatic amines is 2. The number of aromatic nitrogens is 4. The number of pyridine rings is 2. The van der Waals surface area contributed by atoms with E-state index in [4.69, 9.17) is 8.83 Å². The largest absolute Gasteiger partial charge is 0.472 e. The molecule has 37 heavy (non-hydrogen) atoms. The molecule has 6 aromatic heterocycles. The van der Waals surface area contributed by atoms with Crippen molar-refractivity contribution in [1.29, 1.82) is 0 Å². The van der Waals surface area contributed by atoms with Gasteiger partial charge in [-0.05, 0) is 56.1 Å². The molecule has 6 rings (SSSR count). The number of halogens is 2. The minimum absolute atomic E-state index is 0. The van der Waals surface area contributed by atoms with E-state index in [1.165, 1.54) is 10.9 Å². The molecule has 0 unspecified atom stereocenters. The molecule has 0 aliphatic heterocycles. The predicted octanol–water partition coefficient (Wildman–Crippen LogP) is 9.62. The molecule has 0 aromatic carbocycles. The van der Waals surface area contributed by atoms with Crippen molar-refractivity contribution >= 4 is 67.3 Å². The van der Waals surface area contributed by atoms with Crippen LogP contribution in [0.4, 0.5) is 0 Å². The Morgan fingerprint density at radius 3 is 1.92 bits per heavy atom. The quantitative estimate of drug-likeness (QED) is 0.188. The molecule has 0 aliphatic carbocycles. The Morgan fingerprint density at radius 1 is 0.784 bits per heavy atom. The van der Waals surface area contributed by atoms with E-state index in [1.54, 1.807) is 31.2 Å². The molecule has 0 atom stereocenters. The van der Waals surface area contributed by atoms with Crippen LogP contribution in [0.15, 0.2) is 85.7 Å². The van der Waals surface area contributed by atoms with Crippen molar-refractivity contribution in [2.45, 2.75) is 41.9 Å². The summed E-state index contributed by atoms with van der Waals surface area (Å²) >= 11 is 6.92. The normalized spacial score (nSPS) is 10.7. The third kappa shape index (κ3) is 6.17. The Hall–Kier alpha value is -2.88. The first-order chi connectivity index (χ1) is 16.3. The summed E-state index contributed by atoms with van der Waals surface area (Å²) < 4.78 is 12.3. The van der Waals surface area contributed by atoms with E-state index in [9.17, 15) is 0 Å². The van der Waals surface area contributed by atoms with Gasteiger partial charge >= 0.3 is 0 Å². The van der Waals surface area contributed by atoms with E-state index >= 15 is 0 Å². The maximum atomic E-state index is 5.25. The zero-order valence-corrected chi connectivity index (χ0v) is 23.0. The van der Waals surface area contributed by atoms with Gasteiger partial charge in [-0.1, -0.05) is 41.9 Å². The fourth-order valence-corrected chi connectivity index (χ4v) is 6.13. The summed E-state index contributed by atoms with van der Waals surface area (Å²) in [5.41, 5.74) is 6.33. The highest BCUT2D eigenvalue weighted by Gasteiger charge is 2.26. The number of nitrogens with zero attached hydrogens (tertiary/aromatic N) is 2. The van der Waals surface area contributed by atoms with E-state index in [0.29, 0.717) is 0 Å². The van der Waals surface area contributed by atoms with Gasteiger partial charge in [0.05, 0.1) is 33.1 Å². The van der Waals surface area contributed by atoms with Gasteiger partial charge in [0, 0.05) is 65.9 Å². The standard InChI is InChI=1S/C14H15BrN2OSi.C11H7BrN2O.3CH4/c1-19(2,3)14-12(9-4-5-18-8-9)11-6-10(15)7-16-13(11)17-14;12-8-3-9-10(7-1-2-15-6-7)5-14-11(9)13-4-8;;;/h4-8H,1-3H3,(H,16,17);1-6H,(H,13,14);3*1H4. The summed E-state index contributed by atoms with van der Waals surface area (Å²) in [4.78, 5) is 15.4. The van der Waals surface area contributed by atoms with Gasteiger partial charge in [0.2, 0.25) is 0 Å². The number of nitrogens with one attached hydrogen (secondary N) is 2. The third-order valence-electron chi connectivity index (χ3n) is 5.51. The first kappa shape index (κ1) is 30.3. The Morgan fingerprint density at radius 2 is 1.35 bits per heavy atom. The third-order valence-corrected chi connectivity index (χ3v) is 8.25. The average Bonchev–Trinajstić information content (AvgIpc) is 3.57. The van der Waals surface area contributed by atoms with Crippen molar-refractivity contribution < 1.29 is 8.83 Å². The van der Waals surface area contributed by atoms with Gasteiger partial charge in [-0.3, -0.25) is 0 Å². The van der Waals surface area contributed by atoms with Gasteiger partial charge in [0.25, 0.3) is 0 Å². The summed E-state index contributed by atoms with van der Waals surface area (Å²) in [5, 5.41) is 3.55. The van der Waals surface area contributed by atoms with Crippen LogP contribution in [0, 0.1) is 0 Å². The summed E-state index contributed by atoms with van der Waals surface area (Å²) in [6.45, 7) is 6.99. The second-order valence-corrected chi connectivity index (χ2v) is 15.8. The van der Waals surface area contributed by atoms with Crippen LogP contribution in [-0.2, 0) is 0 Å². The predicted molar refractivity (Wildman–Crippen MR) is 166 cm³/mol. The first-order valence-corrected chi connectivity index (χ1v) is 15.8. The van der Waals surface area contributed by atoms with Crippen molar-refractivity contribution in [2.24, 2.45) is 0 Å². The second kappa shape index (κ2) is 12.1. The van der Waals surface area contributed by atoms with Gasteiger partial charge in [-0.15, -0.1) is 0 Å². The van der Waals surface area contributed by atoms with Crippen molar-refractivity contribution in [3.05, 3.63) is 76.9 Å². The Kier molecular flexibility index (Phi) is 9.93. The molecule has 0 fully saturated rings. The molecule has 0 spiro atoms. The lowest BCUT2D eigenvalue weighted by molar-refractivity contribution is 0.568. The minimum atomic E-state index is -1.49. The summed E-state index contributed by atoms with van der Waals surface area (Å²) in [7, 11) is -1.49. The maximum Gasteiger partial charge on any atom is 0.137 e. The number of H-pyrrole nitrogens is 2. The minimum Gasteiger partial charge on any atom is -0.472 e. The summed E-state index contributed by atoms with van der Waals surface area (Å²) in [6.07, 6.45) is 12.4. The first-order valence-electron chi connectivity index (χ1n) is 10.7. The van der Waals surface area contributed by atoms with Crippen LogP contribution >= 0.6 is 31.9 Å². The van der Waals surface area contributed by atoms with Crippen LogP contribution < -0.4 is 5.32 Å². The maximum absolute atomic E-state index is 5.25.